The van der Waals surface area contributed by atoms with Crippen molar-refractivity contribution in [2.24, 2.45) is 0 Å². The number of rotatable bonds is 8. The summed E-state index contributed by atoms with van der Waals surface area (Å²) in [5, 5.41) is 9.14. The predicted octanol–water partition coefficient (Wildman–Crippen LogP) is 4.23. The summed E-state index contributed by atoms with van der Waals surface area (Å²) in [6, 6.07) is 14.3. The molecule has 0 spiro atoms. The molecule has 216 valence electrons. The molecule has 39 heavy (non-hydrogen) atoms. The normalized spacial score (nSPS) is 19.2. The van der Waals surface area contributed by atoms with Gasteiger partial charge in [-0.2, -0.15) is 13.2 Å². The fraction of sp³-hybridized carbons (Fsp3) is 0.500. The number of likely N-dealkylation sites (tertiary alicyclic amines) is 1. The fourth-order valence-electron chi connectivity index (χ4n) is 5.20. The minimum absolute atomic E-state index is 0. The van der Waals surface area contributed by atoms with Gasteiger partial charge in [-0.1, -0.05) is 30.3 Å². The van der Waals surface area contributed by atoms with E-state index in [1.165, 1.54) is 16.4 Å². The topological polar surface area (TPSA) is 99.2 Å². The van der Waals surface area contributed by atoms with Gasteiger partial charge < -0.3 is 4.74 Å². The number of nitrogens with one attached hydrogen (secondary N) is 1. The Kier molecular flexibility index (Phi) is 10.3. The third-order valence-electron chi connectivity index (χ3n) is 7.40. The Bertz CT molecular complexity index is 1180. The molecule has 8 nitrogen and oxygen atoms in total. The maximum Gasteiger partial charge on any atom is 0.416 e. The molecule has 2 aromatic carbocycles. The van der Waals surface area contributed by atoms with Crippen molar-refractivity contribution in [3.05, 3.63) is 65.7 Å². The van der Waals surface area contributed by atoms with Gasteiger partial charge in [-0.25, -0.2) is 18.2 Å². The van der Waals surface area contributed by atoms with Crippen LogP contribution in [0.4, 0.5) is 13.2 Å². The molecule has 0 unspecified atom stereocenters. The highest BCUT2D eigenvalue weighted by Crippen LogP contribution is 2.38. The van der Waals surface area contributed by atoms with Crippen LogP contribution in [-0.2, 0) is 27.5 Å². The second kappa shape index (κ2) is 12.9. The van der Waals surface area contributed by atoms with Crippen molar-refractivity contribution < 1.29 is 36.3 Å². The summed E-state index contributed by atoms with van der Waals surface area (Å²) in [5.41, 5.74) is 1.94. The van der Waals surface area contributed by atoms with Crippen molar-refractivity contribution in [3.8, 4) is 5.75 Å². The lowest BCUT2D eigenvalue weighted by atomic mass is 9.91. The molecule has 0 saturated carbocycles. The first-order chi connectivity index (χ1) is 18.0. The van der Waals surface area contributed by atoms with Crippen molar-refractivity contribution in [3.63, 3.8) is 0 Å². The van der Waals surface area contributed by atoms with E-state index in [1.807, 2.05) is 30.3 Å². The second-order valence-electron chi connectivity index (χ2n) is 9.90. The minimum atomic E-state index is -4.43. The molecule has 4 rings (SSSR count). The number of carbonyl (C=O) groups excluding carboxylic acids is 1. The quantitative estimate of drug-likeness (QED) is 0.352. The molecule has 13 heteroatoms. The number of hydrogen-bond acceptors (Lipinski definition) is 6. The average Bonchev–Trinajstić information content (AvgIpc) is 2.90. The Morgan fingerprint density at radius 3 is 2.13 bits per heavy atom. The fourth-order valence-corrected chi connectivity index (χ4v) is 7.45. The highest BCUT2D eigenvalue weighted by Gasteiger charge is 2.50. The van der Waals surface area contributed by atoms with Crippen LogP contribution in [0.3, 0.4) is 0 Å². The number of nitrogens with zero attached hydrogens (tertiary/aromatic N) is 2. The number of piperidine rings is 2. The van der Waals surface area contributed by atoms with Crippen molar-refractivity contribution >= 4 is 28.3 Å². The number of hydrogen-bond donors (Lipinski definition) is 2. The maximum atomic E-state index is 13.9. The van der Waals surface area contributed by atoms with Crippen LogP contribution in [0.15, 0.2) is 54.6 Å². The first-order valence-electron chi connectivity index (χ1n) is 12.6. The summed E-state index contributed by atoms with van der Waals surface area (Å²) in [7, 11) is -3.91. The molecular formula is C26H33ClF3N3O5S. The zero-order valence-electron chi connectivity index (χ0n) is 21.3. The Labute approximate surface area is 232 Å². The van der Waals surface area contributed by atoms with E-state index >= 15 is 0 Å². The lowest BCUT2D eigenvalue weighted by Gasteiger charge is -2.44. The van der Waals surface area contributed by atoms with E-state index in [-0.39, 0.29) is 50.9 Å². The van der Waals surface area contributed by atoms with Gasteiger partial charge in [-0.05, 0) is 55.5 Å². The molecule has 0 aliphatic carbocycles. The molecule has 0 aromatic heterocycles. The van der Waals surface area contributed by atoms with Gasteiger partial charge in [0.15, 0.2) is 0 Å². The van der Waals surface area contributed by atoms with E-state index in [1.54, 1.807) is 5.48 Å². The number of hydroxylamine groups is 1. The van der Waals surface area contributed by atoms with E-state index in [4.69, 9.17) is 9.94 Å². The van der Waals surface area contributed by atoms with Gasteiger partial charge in [0, 0.05) is 39.1 Å². The molecule has 0 radical (unpaired) electrons. The summed E-state index contributed by atoms with van der Waals surface area (Å²) in [6.45, 7) is 1.99. The van der Waals surface area contributed by atoms with Crippen LogP contribution in [0.1, 0.15) is 43.2 Å². The van der Waals surface area contributed by atoms with Crippen molar-refractivity contribution in [2.45, 2.75) is 55.7 Å². The van der Waals surface area contributed by atoms with Crippen LogP contribution in [0, 0.1) is 0 Å². The summed E-state index contributed by atoms with van der Waals surface area (Å²) < 4.78 is 72.0. The zero-order chi connectivity index (χ0) is 27.4. The average molecular weight is 592 g/mol. The summed E-state index contributed by atoms with van der Waals surface area (Å²) in [5.74, 6) is -0.452. The van der Waals surface area contributed by atoms with Crippen LogP contribution >= 0.6 is 12.4 Å². The first-order valence-corrected chi connectivity index (χ1v) is 14.0. The zero-order valence-corrected chi connectivity index (χ0v) is 22.9. The second-order valence-corrected chi connectivity index (χ2v) is 12.2. The third-order valence-corrected chi connectivity index (χ3v) is 10.1. The summed E-state index contributed by atoms with van der Waals surface area (Å²) >= 11 is 0. The van der Waals surface area contributed by atoms with Crippen LogP contribution in [0.25, 0.3) is 0 Å². The van der Waals surface area contributed by atoms with Crippen molar-refractivity contribution in [1.82, 2.24) is 14.7 Å². The molecule has 0 bridgehead atoms. The van der Waals surface area contributed by atoms with Gasteiger partial charge >= 0.3 is 6.18 Å². The first kappa shape index (κ1) is 31.2. The lowest BCUT2D eigenvalue weighted by Crippen LogP contribution is -2.57. The SMILES string of the molecule is Cl.O=C(CC1(S(=O)(=O)N2CCC(Oc3ccc(C(F)(F)F)cc3)CC2)CCN(Cc2ccccc2)CC1)NO. The minimum Gasteiger partial charge on any atom is -0.490 e. The number of sulfonamides is 1. The molecule has 2 aliphatic heterocycles. The molecule has 2 aromatic rings. The van der Waals surface area contributed by atoms with Crippen LogP contribution in [0.2, 0.25) is 0 Å². The van der Waals surface area contributed by atoms with Crippen LogP contribution in [0.5, 0.6) is 5.75 Å². The molecule has 2 N–H and O–H groups in total. The number of ether oxygens (including phenoxy) is 1. The Hall–Kier alpha value is -2.38. The molecule has 0 atom stereocenters. The largest absolute Gasteiger partial charge is 0.490 e. The molecule has 2 heterocycles. The van der Waals surface area contributed by atoms with Gasteiger partial charge in [0.2, 0.25) is 15.9 Å². The molecule has 2 fully saturated rings. The van der Waals surface area contributed by atoms with E-state index < -0.39 is 32.4 Å². The lowest BCUT2D eigenvalue weighted by molar-refractivity contribution is -0.137. The van der Waals surface area contributed by atoms with Gasteiger partial charge in [0.05, 0.1) is 10.3 Å². The Morgan fingerprint density at radius 1 is 1.00 bits per heavy atom. The Morgan fingerprint density at radius 2 is 1.59 bits per heavy atom. The number of amides is 1. The maximum absolute atomic E-state index is 13.9. The van der Waals surface area contributed by atoms with E-state index in [0.717, 1.165) is 17.7 Å². The molecule has 1 amide bonds. The number of benzene rings is 2. The molecular weight excluding hydrogens is 559 g/mol. The standard InChI is InChI=1S/C26H32F3N3O5S.ClH/c27-26(28,29)21-6-8-22(9-7-21)37-23-10-14-32(15-11-23)38(35,36)25(18-24(33)30-34)12-16-31(17-13-25)19-20-4-2-1-3-5-20;/h1-9,23,34H,10-19H2,(H,30,33);1H. The third kappa shape index (κ3) is 7.43. The van der Waals surface area contributed by atoms with E-state index in [9.17, 15) is 26.4 Å². The monoisotopic (exact) mass is 591 g/mol. The molecule has 2 saturated heterocycles. The van der Waals surface area contributed by atoms with Gasteiger partial charge in [-0.15, -0.1) is 12.4 Å². The van der Waals surface area contributed by atoms with Crippen LogP contribution < -0.4 is 10.2 Å². The van der Waals surface area contributed by atoms with E-state index in [2.05, 4.69) is 4.90 Å². The molecule has 2 aliphatic rings. The predicted molar refractivity (Wildman–Crippen MR) is 141 cm³/mol. The van der Waals surface area contributed by atoms with Gasteiger partial charge in [0.25, 0.3) is 0 Å². The highest BCUT2D eigenvalue weighted by molar-refractivity contribution is 7.90. The van der Waals surface area contributed by atoms with Gasteiger partial charge in [0.1, 0.15) is 11.9 Å². The highest BCUT2D eigenvalue weighted by atomic mass is 35.5. The van der Waals surface area contributed by atoms with Crippen molar-refractivity contribution in [2.75, 3.05) is 26.2 Å². The number of halogens is 4. The smallest absolute Gasteiger partial charge is 0.416 e. The Balaban J connectivity index is 0.00000420. The summed E-state index contributed by atoms with van der Waals surface area (Å²) in [4.78, 5) is 14.3. The van der Waals surface area contributed by atoms with Crippen LogP contribution in [-0.4, -0.2) is 65.8 Å². The van der Waals surface area contributed by atoms with Crippen molar-refractivity contribution in [1.29, 1.82) is 0 Å². The summed E-state index contributed by atoms with van der Waals surface area (Å²) in [6.07, 6.45) is -3.89. The van der Waals surface area contributed by atoms with E-state index in [0.29, 0.717) is 38.2 Å². The van der Waals surface area contributed by atoms with Gasteiger partial charge in [-0.3, -0.25) is 14.9 Å². The number of alkyl halides is 3. The number of carbonyl (C=O) groups is 1.